The van der Waals surface area contributed by atoms with Crippen molar-refractivity contribution < 1.29 is 23.5 Å². The summed E-state index contributed by atoms with van der Waals surface area (Å²) in [6.45, 7) is 0.827. The molecule has 2 aliphatic rings. The third-order valence-corrected chi connectivity index (χ3v) is 5.75. The molecule has 2 aliphatic heterocycles. The predicted molar refractivity (Wildman–Crippen MR) is 117 cm³/mol. The van der Waals surface area contributed by atoms with Crippen LogP contribution in [0.25, 0.3) is 12.2 Å². The quantitative estimate of drug-likeness (QED) is 0.697. The van der Waals surface area contributed by atoms with Crippen LogP contribution in [0.2, 0.25) is 0 Å². The highest BCUT2D eigenvalue weighted by Gasteiger charge is 2.34. The Morgan fingerprint density at radius 1 is 1.23 bits per heavy atom. The minimum atomic E-state index is -0.497. The monoisotopic (exact) mass is 438 g/mol. The smallest absolute Gasteiger partial charge is 0.293 e. The maximum absolute atomic E-state index is 13.8. The number of nitrogens with one attached hydrogen (secondary N) is 1. The molecule has 2 heterocycles. The predicted octanol–water partition coefficient (Wildman–Crippen LogP) is 3.63. The lowest BCUT2D eigenvalue weighted by Gasteiger charge is -2.12. The van der Waals surface area contributed by atoms with Gasteiger partial charge in [-0.05, 0) is 53.2 Å². The largest absolute Gasteiger partial charge is 0.493 e. The van der Waals surface area contributed by atoms with E-state index in [1.807, 2.05) is 18.2 Å². The van der Waals surface area contributed by atoms with E-state index in [0.29, 0.717) is 6.61 Å². The van der Waals surface area contributed by atoms with E-state index in [0.717, 1.165) is 40.0 Å². The molecule has 6 nitrogen and oxygen atoms in total. The van der Waals surface area contributed by atoms with Gasteiger partial charge in [-0.25, -0.2) is 4.39 Å². The number of halogens is 1. The molecule has 3 amide bonds. The number of fused-ring (bicyclic) bond motifs is 1. The van der Waals surface area contributed by atoms with Crippen LogP contribution in [-0.4, -0.2) is 41.6 Å². The van der Waals surface area contributed by atoms with Gasteiger partial charge < -0.3 is 10.1 Å². The van der Waals surface area contributed by atoms with Gasteiger partial charge in [0.2, 0.25) is 5.91 Å². The lowest BCUT2D eigenvalue weighted by atomic mass is 10.1. The molecule has 8 heteroatoms. The van der Waals surface area contributed by atoms with E-state index >= 15 is 0 Å². The van der Waals surface area contributed by atoms with Crippen LogP contribution in [0.15, 0.2) is 53.4 Å². The zero-order chi connectivity index (χ0) is 21.8. The number of thioether (sulfide) groups is 1. The average molecular weight is 438 g/mol. The van der Waals surface area contributed by atoms with E-state index in [-0.39, 0.29) is 29.5 Å². The van der Waals surface area contributed by atoms with E-state index in [9.17, 15) is 18.8 Å². The van der Waals surface area contributed by atoms with Gasteiger partial charge in [0.15, 0.2) is 0 Å². The van der Waals surface area contributed by atoms with Crippen molar-refractivity contribution in [2.45, 2.75) is 6.42 Å². The molecule has 0 radical (unpaired) electrons. The van der Waals surface area contributed by atoms with Gasteiger partial charge in [-0.1, -0.05) is 24.3 Å². The van der Waals surface area contributed by atoms with Crippen LogP contribution < -0.4 is 10.1 Å². The first-order chi connectivity index (χ1) is 15.0. The second kappa shape index (κ2) is 9.18. The molecule has 31 heavy (non-hydrogen) atoms. The van der Waals surface area contributed by atoms with Crippen molar-refractivity contribution in [3.05, 3.63) is 76.0 Å². The number of rotatable bonds is 6. The lowest BCUT2D eigenvalue weighted by Crippen LogP contribution is -2.36. The normalized spacial score (nSPS) is 16.8. The molecule has 4 rings (SSSR count). The lowest BCUT2D eigenvalue weighted by molar-refractivity contribution is -0.123. The Balaban J connectivity index is 1.30. The standard InChI is InChI=1S/C23H19FN2O4S/c24-18-4-2-1-3-16(18)14-20-22(28)26(23(29)31-20)11-10-25-21(27)8-6-15-5-7-19-17(13-15)9-12-30-19/h1-8,13-14H,9-12H2,(H,25,27)/b8-6+,20-14-. The minimum Gasteiger partial charge on any atom is -0.493 e. The third-order valence-electron chi connectivity index (χ3n) is 4.84. The van der Waals surface area contributed by atoms with Gasteiger partial charge in [0.05, 0.1) is 11.5 Å². The molecule has 2 aromatic carbocycles. The molecule has 0 aromatic heterocycles. The number of ether oxygens (including phenoxy) is 1. The molecule has 0 bridgehead atoms. The Morgan fingerprint density at radius 3 is 2.90 bits per heavy atom. The van der Waals surface area contributed by atoms with Gasteiger partial charge in [0, 0.05) is 31.1 Å². The maximum Gasteiger partial charge on any atom is 0.293 e. The summed E-state index contributed by atoms with van der Waals surface area (Å²) in [6.07, 6.45) is 5.32. The molecule has 1 fully saturated rings. The Hall–Kier alpha value is -3.39. The van der Waals surface area contributed by atoms with Crippen LogP contribution >= 0.6 is 11.8 Å². The number of hydrogen-bond donors (Lipinski definition) is 1. The average Bonchev–Trinajstić information content (AvgIpc) is 3.33. The van der Waals surface area contributed by atoms with Gasteiger partial charge in [0.1, 0.15) is 11.6 Å². The van der Waals surface area contributed by atoms with Crippen molar-refractivity contribution in [1.82, 2.24) is 10.2 Å². The Morgan fingerprint density at radius 2 is 2.06 bits per heavy atom. The van der Waals surface area contributed by atoms with E-state index in [1.165, 1.54) is 24.3 Å². The van der Waals surface area contributed by atoms with Crippen LogP contribution in [0, 0.1) is 5.82 Å². The van der Waals surface area contributed by atoms with Crippen molar-refractivity contribution in [3.8, 4) is 5.75 Å². The Labute approximate surface area is 182 Å². The van der Waals surface area contributed by atoms with Gasteiger partial charge >= 0.3 is 0 Å². The van der Waals surface area contributed by atoms with Crippen LogP contribution in [0.4, 0.5) is 9.18 Å². The number of benzene rings is 2. The van der Waals surface area contributed by atoms with Crippen molar-refractivity contribution in [1.29, 1.82) is 0 Å². The number of carbonyl (C=O) groups excluding carboxylic acids is 3. The minimum absolute atomic E-state index is 0.0367. The van der Waals surface area contributed by atoms with Crippen LogP contribution in [-0.2, 0) is 16.0 Å². The van der Waals surface area contributed by atoms with Gasteiger partial charge in [-0.3, -0.25) is 19.3 Å². The summed E-state index contributed by atoms with van der Waals surface area (Å²) in [5.74, 6) is -0.416. The van der Waals surface area contributed by atoms with E-state index < -0.39 is 17.0 Å². The second-order valence-corrected chi connectivity index (χ2v) is 7.94. The fraction of sp³-hybridized carbons (Fsp3) is 0.174. The van der Waals surface area contributed by atoms with Crippen LogP contribution in [0.1, 0.15) is 16.7 Å². The zero-order valence-corrected chi connectivity index (χ0v) is 17.3. The molecule has 0 spiro atoms. The van der Waals surface area contributed by atoms with Crippen LogP contribution in [0.5, 0.6) is 5.75 Å². The summed E-state index contributed by atoms with van der Waals surface area (Å²) < 4.78 is 19.2. The molecule has 0 saturated carbocycles. The van der Waals surface area contributed by atoms with Crippen molar-refractivity contribution in [3.63, 3.8) is 0 Å². The highest BCUT2D eigenvalue weighted by atomic mass is 32.2. The number of hydrogen-bond acceptors (Lipinski definition) is 5. The summed E-state index contributed by atoms with van der Waals surface area (Å²) in [5.41, 5.74) is 2.25. The number of carbonyl (C=O) groups is 3. The summed E-state index contributed by atoms with van der Waals surface area (Å²) in [5, 5.41) is 2.22. The van der Waals surface area contributed by atoms with Crippen molar-refractivity contribution in [2.75, 3.05) is 19.7 Å². The number of nitrogens with zero attached hydrogens (tertiary/aromatic N) is 1. The molecule has 2 aromatic rings. The Bertz CT molecular complexity index is 1110. The van der Waals surface area contributed by atoms with Gasteiger partial charge in [-0.15, -0.1) is 0 Å². The van der Waals surface area contributed by atoms with Gasteiger partial charge in [0.25, 0.3) is 11.1 Å². The highest BCUT2D eigenvalue weighted by molar-refractivity contribution is 8.18. The maximum atomic E-state index is 13.8. The van der Waals surface area contributed by atoms with Crippen molar-refractivity contribution >= 4 is 41.0 Å². The van der Waals surface area contributed by atoms with Crippen molar-refractivity contribution in [2.24, 2.45) is 0 Å². The van der Waals surface area contributed by atoms with E-state index in [1.54, 1.807) is 18.2 Å². The zero-order valence-electron chi connectivity index (χ0n) is 16.5. The van der Waals surface area contributed by atoms with Crippen LogP contribution in [0.3, 0.4) is 0 Å². The summed E-state index contributed by atoms with van der Waals surface area (Å²) in [6, 6.07) is 11.8. The summed E-state index contributed by atoms with van der Waals surface area (Å²) >= 11 is 0.756. The molecule has 0 atom stereocenters. The summed E-state index contributed by atoms with van der Waals surface area (Å²) in [4.78, 5) is 37.9. The molecule has 1 N–H and O–H groups in total. The third kappa shape index (κ3) is 4.86. The second-order valence-electron chi connectivity index (χ2n) is 6.94. The first-order valence-electron chi connectivity index (χ1n) is 9.73. The van der Waals surface area contributed by atoms with E-state index in [2.05, 4.69) is 5.32 Å². The van der Waals surface area contributed by atoms with Gasteiger partial charge in [-0.2, -0.15) is 0 Å². The first-order valence-corrected chi connectivity index (χ1v) is 10.5. The molecule has 158 valence electrons. The fourth-order valence-electron chi connectivity index (χ4n) is 3.26. The molecule has 0 aliphatic carbocycles. The fourth-order valence-corrected chi connectivity index (χ4v) is 4.11. The molecular formula is C23H19FN2O4S. The highest BCUT2D eigenvalue weighted by Crippen LogP contribution is 2.32. The number of imide groups is 1. The number of amides is 3. The Kier molecular flexibility index (Phi) is 6.18. The SMILES string of the molecule is O=C(/C=C/c1ccc2c(c1)CCO2)NCCN1C(=O)S/C(=C\c2ccccc2F)C1=O. The molecule has 0 unspecified atom stereocenters. The topological polar surface area (TPSA) is 75.7 Å². The molecular weight excluding hydrogens is 419 g/mol. The van der Waals surface area contributed by atoms with E-state index in [4.69, 9.17) is 4.74 Å². The first kappa shape index (κ1) is 20.9. The summed E-state index contributed by atoms with van der Waals surface area (Å²) in [7, 11) is 0. The molecule has 1 saturated heterocycles.